The summed E-state index contributed by atoms with van der Waals surface area (Å²) in [5.74, 6) is 0. The Kier molecular flexibility index (Phi) is 5.50. The predicted octanol–water partition coefficient (Wildman–Crippen LogP) is 2.71. The fourth-order valence-corrected chi connectivity index (χ4v) is 0.930. The Balaban J connectivity index is 3.27. The number of hydrogen-bond acceptors (Lipinski definition) is 1. The highest BCUT2D eigenvalue weighted by molar-refractivity contribution is 9.10. The molecule has 0 aliphatic carbocycles. The Morgan fingerprint density at radius 1 is 1.78 bits per heavy atom. The number of carbonyl (C=O) groups is 1. The van der Waals surface area contributed by atoms with Crippen molar-refractivity contribution in [2.75, 3.05) is 0 Å². The molecule has 0 N–H and O–H groups in total. The van der Waals surface area contributed by atoms with Crippen molar-refractivity contribution in [2.45, 2.75) is 31.0 Å². The highest BCUT2D eigenvalue weighted by Crippen LogP contribution is 2.12. The summed E-state index contributed by atoms with van der Waals surface area (Å²) < 4.78 is 0. The van der Waals surface area contributed by atoms with E-state index in [9.17, 15) is 4.79 Å². The van der Waals surface area contributed by atoms with Crippen LogP contribution >= 0.6 is 27.5 Å². The van der Waals surface area contributed by atoms with E-state index in [-0.39, 0.29) is 10.1 Å². The van der Waals surface area contributed by atoms with Crippen LogP contribution in [0.3, 0.4) is 0 Å². The van der Waals surface area contributed by atoms with E-state index in [2.05, 4.69) is 22.9 Å². The molecule has 0 unspecified atom stereocenters. The zero-order chi connectivity index (χ0) is 7.28. The second-order valence-electron chi connectivity index (χ2n) is 1.91. The number of alkyl halides is 1. The maximum Gasteiger partial charge on any atom is 0.235 e. The van der Waals surface area contributed by atoms with Crippen molar-refractivity contribution < 1.29 is 4.79 Å². The lowest BCUT2D eigenvalue weighted by Gasteiger charge is -2.00. The molecule has 0 aromatic rings. The Morgan fingerprint density at radius 2 is 2.33 bits per heavy atom. The van der Waals surface area contributed by atoms with Crippen molar-refractivity contribution in [2.24, 2.45) is 0 Å². The van der Waals surface area contributed by atoms with Crippen LogP contribution in [0.2, 0.25) is 0 Å². The van der Waals surface area contributed by atoms with Crippen LogP contribution in [0.25, 0.3) is 0 Å². The summed E-state index contributed by atoms with van der Waals surface area (Å²) in [5, 5.41) is -0.288. The molecule has 0 radical (unpaired) electrons. The largest absolute Gasteiger partial charge is 0.280 e. The van der Waals surface area contributed by atoms with Gasteiger partial charge < -0.3 is 0 Å². The molecule has 0 fully saturated rings. The summed E-state index contributed by atoms with van der Waals surface area (Å²) in [6.45, 7) is 2.08. The van der Waals surface area contributed by atoms with Crippen LogP contribution in [-0.2, 0) is 4.79 Å². The van der Waals surface area contributed by atoms with Crippen LogP contribution in [0.4, 0.5) is 0 Å². The van der Waals surface area contributed by atoms with Gasteiger partial charge in [0.25, 0.3) is 0 Å². The topological polar surface area (TPSA) is 17.1 Å². The summed E-state index contributed by atoms with van der Waals surface area (Å²) in [7, 11) is 0. The summed E-state index contributed by atoms with van der Waals surface area (Å²) in [4.78, 5) is 10.2. The van der Waals surface area contributed by atoms with Crippen molar-refractivity contribution in [3.8, 4) is 0 Å². The molecule has 0 saturated heterocycles. The van der Waals surface area contributed by atoms with Crippen LogP contribution in [0.1, 0.15) is 26.2 Å². The molecule has 0 aromatic carbocycles. The van der Waals surface area contributed by atoms with E-state index in [4.69, 9.17) is 11.6 Å². The van der Waals surface area contributed by atoms with Crippen molar-refractivity contribution >= 4 is 32.8 Å². The Bertz CT molecular complexity index is 95.1. The third-order valence-corrected chi connectivity index (χ3v) is 2.46. The van der Waals surface area contributed by atoms with E-state index >= 15 is 0 Å². The van der Waals surface area contributed by atoms with Gasteiger partial charge in [-0.15, -0.1) is 0 Å². The third kappa shape index (κ3) is 4.91. The van der Waals surface area contributed by atoms with Crippen LogP contribution in [-0.4, -0.2) is 10.1 Å². The molecule has 54 valence electrons. The zero-order valence-electron chi connectivity index (χ0n) is 5.36. The van der Waals surface area contributed by atoms with E-state index in [1.165, 1.54) is 0 Å². The van der Waals surface area contributed by atoms with Gasteiger partial charge in [0.2, 0.25) is 5.24 Å². The minimum atomic E-state index is -0.288. The monoisotopic (exact) mass is 212 g/mol. The minimum Gasteiger partial charge on any atom is -0.280 e. The maximum atomic E-state index is 10.4. The summed E-state index contributed by atoms with van der Waals surface area (Å²) >= 11 is 8.34. The molecule has 0 spiro atoms. The van der Waals surface area contributed by atoms with E-state index in [1.54, 1.807) is 0 Å². The van der Waals surface area contributed by atoms with Gasteiger partial charge in [0, 0.05) is 0 Å². The van der Waals surface area contributed by atoms with E-state index < -0.39 is 0 Å². The highest BCUT2D eigenvalue weighted by Gasteiger charge is 2.09. The first-order valence-corrected chi connectivity index (χ1v) is 4.31. The normalized spacial score (nSPS) is 13.2. The molecule has 0 rings (SSSR count). The first kappa shape index (κ1) is 9.44. The van der Waals surface area contributed by atoms with Crippen LogP contribution in [0.5, 0.6) is 0 Å². The number of unbranched alkanes of at least 4 members (excludes halogenated alkanes) is 1. The summed E-state index contributed by atoms with van der Waals surface area (Å²) in [6.07, 6.45) is 3.00. The highest BCUT2D eigenvalue weighted by atomic mass is 79.9. The van der Waals surface area contributed by atoms with Gasteiger partial charge in [-0.2, -0.15) is 0 Å². The summed E-state index contributed by atoms with van der Waals surface area (Å²) in [6, 6.07) is 0. The number of hydrogen-bond donors (Lipinski definition) is 0. The molecule has 1 atom stereocenters. The lowest BCUT2D eigenvalue weighted by Crippen LogP contribution is -2.05. The molecular formula is C6H10BrClO. The van der Waals surface area contributed by atoms with Crippen LogP contribution < -0.4 is 0 Å². The Labute approximate surface area is 68.9 Å². The van der Waals surface area contributed by atoms with Gasteiger partial charge >= 0.3 is 0 Å². The van der Waals surface area contributed by atoms with E-state index in [1.807, 2.05) is 0 Å². The first-order valence-electron chi connectivity index (χ1n) is 3.02. The average molecular weight is 214 g/mol. The molecule has 0 aliphatic rings. The fourth-order valence-electron chi connectivity index (χ4n) is 0.497. The maximum absolute atomic E-state index is 10.4. The third-order valence-electron chi connectivity index (χ3n) is 1.06. The molecule has 3 heteroatoms. The van der Waals surface area contributed by atoms with Gasteiger partial charge in [0.1, 0.15) is 0 Å². The second kappa shape index (κ2) is 5.24. The van der Waals surface area contributed by atoms with E-state index in [0.29, 0.717) is 0 Å². The zero-order valence-corrected chi connectivity index (χ0v) is 7.70. The molecule has 0 saturated carbocycles. The lowest BCUT2D eigenvalue weighted by molar-refractivity contribution is -0.111. The smallest absolute Gasteiger partial charge is 0.235 e. The van der Waals surface area contributed by atoms with Gasteiger partial charge in [-0.3, -0.25) is 4.79 Å². The molecule has 0 aliphatic heterocycles. The van der Waals surface area contributed by atoms with Gasteiger partial charge in [-0.25, -0.2) is 0 Å². The molecule has 9 heavy (non-hydrogen) atoms. The lowest BCUT2D eigenvalue weighted by atomic mass is 10.2. The quantitative estimate of drug-likeness (QED) is 0.518. The molecule has 0 aromatic heterocycles. The molecule has 0 amide bonds. The molecule has 0 heterocycles. The van der Waals surface area contributed by atoms with Crippen molar-refractivity contribution in [1.82, 2.24) is 0 Å². The van der Waals surface area contributed by atoms with Crippen molar-refractivity contribution in [3.05, 3.63) is 0 Å². The Morgan fingerprint density at radius 3 is 2.67 bits per heavy atom. The SMILES string of the molecule is CCCC[C@H](Br)C(=O)Cl. The van der Waals surface area contributed by atoms with Gasteiger partial charge in [0.05, 0.1) is 4.83 Å². The predicted molar refractivity (Wildman–Crippen MR) is 43.1 cm³/mol. The summed E-state index contributed by atoms with van der Waals surface area (Å²) in [5.41, 5.74) is 0. The van der Waals surface area contributed by atoms with Gasteiger partial charge in [0.15, 0.2) is 0 Å². The van der Waals surface area contributed by atoms with Crippen molar-refractivity contribution in [3.63, 3.8) is 0 Å². The van der Waals surface area contributed by atoms with Crippen molar-refractivity contribution in [1.29, 1.82) is 0 Å². The second-order valence-corrected chi connectivity index (χ2v) is 3.39. The first-order chi connectivity index (χ1) is 4.18. The molecule has 0 bridgehead atoms. The standard InChI is InChI=1S/C6H10BrClO/c1-2-3-4-5(7)6(8)9/h5H,2-4H2,1H3/t5-/m0/s1. The number of rotatable bonds is 4. The number of halogens is 2. The Hall–Kier alpha value is 0.440. The fraction of sp³-hybridized carbons (Fsp3) is 0.833. The van der Waals surface area contributed by atoms with Gasteiger partial charge in [-0.05, 0) is 18.0 Å². The van der Waals surface area contributed by atoms with Crippen LogP contribution in [0.15, 0.2) is 0 Å². The van der Waals surface area contributed by atoms with Crippen LogP contribution in [0, 0.1) is 0 Å². The van der Waals surface area contributed by atoms with Gasteiger partial charge in [-0.1, -0.05) is 35.7 Å². The molecule has 1 nitrogen and oxygen atoms in total. The average Bonchev–Trinajstić information content (AvgIpc) is 1.82. The molecular weight excluding hydrogens is 203 g/mol. The van der Waals surface area contributed by atoms with E-state index in [0.717, 1.165) is 19.3 Å². The minimum absolute atomic E-state index is 0.140. The number of carbonyl (C=O) groups excluding carboxylic acids is 1.